The highest BCUT2D eigenvalue weighted by molar-refractivity contribution is 7.15. The number of rotatable bonds is 1. The predicted octanol–water partition coefficient (Wildman–Crippen LogP) is 3.73. The van der Waals surface area contributed by atoms with Crippen LogP contribution in [0.15, 0.2) is 0 Å². The van der Waals surface area contributed by atoms with E-state index in [0.717, 1.165) is 23.7 Å². The second kappa shape index (κ2) is 3.42. The molecule has 0 amide bonds. The summed E-state index contributed by atoms with van der Waals surface area (Å²) in [5, 5.41) is 9.50. The molecule has 16 heavy (non-hydrogen) atoms. The molecule has 4 saturated carbocycles. The molecule has 2 nitrogen and oxygen atoms in total. The summed E-state index contributed by atoms with van der Waals surface area (Å²) in [7, 11) is 0. The molecule has 4 heteroatoms. The fraction of sp³-hybridized carbons (Fsp3) is 0.833. The van der Waals surface area contributed by atoms with Gasteiger partial charge in [0.2, 0.25) is 4.47 Å². The molecule has 1 heterocycles. The van der Waals surface area contributed by atoms with Crippen LogP contribution in [-0.2, 0) is 0 Å². The van der Waals surface area contributed by atoms with Crippen LogP contribution in [0, 0.1) is 23.7 Å². The first kappa shape index (κ1) is 9.84. The molecule has 1 aromatic heterocycles. The van der Waals surface area contributed by atoms with Crippen LogP contribution in [0.25, 0.3) is 0 Å². The van der Waals surface area contributed by atoms with Gasteiger partial charge in [0.05, 0.1) is 0 Å². The lowest BCUT2D eigenvalue weighted by Crippen LogP contribution is -2.43. The highest BCUT2D eigenvalue weighted by Gasteiger charge is 2.49. The first-order valence-electron chi connectivity index (χ1n) is 6.28. The van der Waals surface area contributed by atoms with Gasteiger partial charge in [-0.1, -0.05) is 11.3 Å². The van der Waals surface area contributed by atoms with Crippen molar-refractivity contribution < 1.29 is 0 Å². The van der Waals surface area contributed by atoms with Gasteiger partial charge in [0, 0.05) is 5.92 Å². The van der Waals surface area contributed by atoms with Crippen molar-refractivity contribution in [3.05, 3.63) is 9.47 Å². The zero-order chi connectivity index (χ0) is 10.7. The summed E-state index contributed by atoms with van der Waals surface area (Å²) in [5.74, 6) is 4.53. The molecule has 0 saturated heterocycles. The maximum absolute atomic E-state index is 5.92. The molecule has 4 bridgehead atoms. The lowest BCUT2D eigenvalue weighted by Gasteiger charge is -2.53. The summed E-state index contributed by atoms with van der Waals surface area (Å²) >= 11 is 7.53. The molecule has 86 valence electrons. The summed E-state index contributed by atoms with van der Waals surface area (Å²) in [4.78, 5) is 0. The first-order valence-corrected chi connectivity index (χ1v) is 7.48. The van der Waals surface area contributed by atoms with Crippen molar-refractivity contribution in [2.75, 3.05) is 0 Å². The minimum absolute atomic E-state index is 0.615. The van der Waals surface area contributed by atoms with Gasteiger partial charge in [0.25, 0.3) is 0 Å². The van der Waals surface area contributed by atoms with Crippen molar-refractivity contribution >= 4 is 22.9 Å². The maximum Gasteiger partial charge on any atom is 0.207 e. The minimum Gasteiger partial charge on any atom is -0.142 e. The molecule has 1 aromatic rings. The van der Waals surface area contributed by atoms with Crippen LogP contribution in [0.3, 0.4) is 0 Å². The Kier molecular flexibility index (Phi) is 2.10. The van der Waals surface area contributed by atoms with Crippen LogP contribution in [0.2, 0.25) is 4.47 Å². The average molecular weight is 255 g/mol. The summed E-state index contributed by atoms with van der Waals surface area (Å²) in [6.07, 6.45) is 7.27. The van der Waals surface area contributed by atoms with E-state index in [1.807, 2.05) is 0 Å². The Labute approximate surface area is 104 Å². The second-order valence-corrected chi connectivity index (χ2v) is 7.44. The van der Waals surface area contributed by atoms with E-state index in [2.05, 4.69) is 10.2 Å². The molecule has 0 aliphatic heterocycles. The normalized spacial score (nSPS) is 45.2. The average Bonchev–Trinajstić information content (AvgIpc) is 2.63. The molecule has 4 aliphatic rings. The topological polar surface area (TPSA) is 25.8 Å². The molecule has 0 N–H and O–H groups in total. The third-order valence-corrected chi connectivity index (χ3v) is 6.05. The third-order valence-electron chi connectivity index (χ3n) is 4.93. The van der Waals surface area contributed by atoms with E-state index in [1.165, 1.54) is 37.1 Å². The van der Waals surface area contributed by atoms with Gasteiger partial charge in [0.15, 0.2) is 0 Å². The number of nitrogens with zero attached hydrogens (tertiary/aromatic N) is 2. The molecule has 0 unspecified atom stereocenters. The smallest absolute Gasteiger partial charge is 0.142 e. The molecule has 0 radical (unpaired) electrons. The van der Waals surface area contributed by atoms with E-state index in [-0.39, 0.29) is 0 Å². The molecular formula is C12H15ClN2S. The van der Waals surface area contributed by atoms with E-state index >= 15 is 0 Å². The number of hydrogen-bond donors (Lipinski definition) is 0. The molecule has 0 aromatic carbocycles. The Morgan fingerprint density at radius 3 is 2.06 bits per heavy atom. The standard InChI is InChI=1S/C12H15ClN2S/c13-12-15-14-11(16-12)10-8-2-6-1-7(4-8)5-9(10)3-6/h6-10H,1-5H2. The second-order valence-electron chi connectivity index (χ2n) is 5.85. The van der Waals surface area contributed by atoms with E-state index in [9.17, 15) is 0 Å². The van der Waals surface area contributed by atoms with Crippen molar-refractivity contribution in [1.29, 1.82) is 0 Å². The van der Waals surface area contributed by atoms with Gasteiger partial charge in [-0.2, -0.15) is 0 Å². The summed E-state index contributed by atoms with van der Waals surface area (Å²) in [5.41, 5.74) is 0. The summed E-state index contributed by atoms with van der Waals surface area (Å²) < 4.78 is 0.615. The quantitative estimate of drug-likeness (QED) is 0.763. The minimum atomic E-state index is 0.615. The van der Waals surface area contributed by atoms with Gasteiger partial charge in [-0.15, -0.1) is 10.2 Å². The SMILES string of the molecule is Clc1nnc(C2C3CC4CC(C3)CC2C4)s1. The van der Waals surface area contributed by atoms with Gasteiger partial charge in [-0.25, -0.2) is 0 Å². The van der Waals surface area contributed by atoms with Crippen LogP contribution in [-0.4, -0.2) is 10.2 Å². The molecular weight excluding hydrogens is 240 g/mol. The highest BCUT2D eigenvalue weighted by atomic mass is 35.5. The molecule has 4 fully saturated rings. The molecule has 0 spiro atoms. The van der Waals surface area contributed by atoms with E-state index < -0.39 is 0 Å². The predicted molar refractivity (Wildman–Crippen MR) is 64.7 cm³/mol. The van der Waals surface area contributed by atoms with Crippen LogP contribution in [0.1, 0.15) is 43.0 Å². The van der Waals surface area contributed by atoms with Crippen molar-refractivity contribution in [1.82, 2.24) is 10.2 Å². The van der Waals surface area contributed by atoms with Crippen LogP contribution >= 0.6 is 22.9 Å². The maximum atomic E-state index is 5.92. The molecule has 0 atom stereocenters. The van der Waals surface area contributed by atoms with Crippen molar-refractivity contribution in [2.45, 2.75) is 38.0 Å². The molecule has 4 aliphatic carbocycles. The van der Waals surface area contributed by atoms with Gasteiger partial charge >= 0.3 is 0 Å². The van der Waals surface area contributed by atoms with E-state index in [1.54, 1.807) is 11.3 Å². The molecule has 5 rings (SSSR count). The largest absolute Gasteiger partial charge is 0.207 e. The zero-order valence-electron chi connectivity index (χ0n) is 9.10. The van der Waals surface area contributed by atoms with Crippen LogP contribution in [0.5, 0.6) is 0 Å². The fourth-order valence-electron chi connectivity index (χ4n) is 4.68. The van der Waals surface area contributed by atoms with E-state index in [4.69, 9.17) is 11.6 Å². The van der Waals surface area contributed by atoms with E-state index in [0.29, 0.717) is 10.4 Å². The van der Waals surface area contributed by atoms with Gasteiger partial charge < -0.3 is 0 Å². The lowest BCUT2D eigenvalue weighted by atomic mass is 9.52. The van der Waals surface area contributed by atoms with Gasteiger partial charge in [-0.3, -0.25) is 0 Å². The Morgan fingerprint density at radius 1 is 0.938 bits per heavy atom. The van der Waals surface area contributed by atoms with Crippen LogP contribution < -0.4 is 0 Å². The van der Waals surface area contributed by atoms with Gasteiger partial charge in [-0.05, 0) is 67.4 Å². The fourth-order valence-corrected chi connectivity index (χ4v) is 5.81. The van der Waals surface area contributed by atoms with Crippen molar-refractivity contribution in [3.8, 4) is 0 Å². The third kappa shape index (κ3) is 1.37. The monoisotopic (exact) mass is 254 g/mol. The van der Waals surface area contributed by atoms with Crippen LogP contribution in [0.4, 0.5) is 0 Å². The lowest BCUT2D eigenvalue weighted by molar-refractivity contribution is -0.00303. The Bertz CT molecular complexity index is 389. The van der Waals surface area contributed by atoms with Crippen molar-refractivity contribution in [3.63, 3.8) is 0 Å². The number of halogens is 1. The summed E-state index contributed by atoms with van der Waals surface area (Å²) in [6.45, 7) is 0. The number of hydrogen-bond acceptors (Lipinski definition) is 3. The Morgan fingerprint density at radius 2 is 1.56 bits per heavy atom. The van der Waals surface area contributed by atoms with Crippen molar-refractivity contribution in [2.24, 2.45) is 23.7 Å². The Balaban J connectivity index is 1.69. The Hall–Kier alpha value is -0.150. The number of aromatic nitrogens is 2. The first-order chi connectivity index (χ1) is 7.79. The van der Waals surface area contributed by atoms with Gasteiger partial charge in [0.1, 0.15) is 5.01 Å². The highest BCUT2D eigenvalue weighted by Crippen LogP contribution is 2.60. The summed E-state index contributed by atoms with van der Waals surface area (Å²) in [6, 6.07) is 0. The zero-order valence-corrected chi connectivity index (χ0v) is 10.7.